The molecule has 0 saturated heterocycles. The molecule has 0 aliphatic heterocycles. The molecule has 4 aromatic rings. The quantitative estimate of drug-likeness (QED) is 0.505. The standard InChI is InChI=1S/C22H16N4O2/c1-14(27)15-3-7-18(8-4-15)26-12-17(11-23)21-22(26)20(24-13-25-21)16-5-9-19(28-2)10-6-16/h3-10,12-13H,1-2H3. The van der Waals surface area contributed by atoms with Crippen molar-refractivity contribution in [3.8, 4) is 28.8 Å². The van der Waals surface area contributed by atoms with E-state index < -0.39 is 0 Å². The topological polar surface area (TPSA) is 80.8 Å². The fourth-order valence-corrected chi connectivity index (χ4v) is 3.16. The summed E-state index contributed by atoms with van der Waals surface area (Å²) in [7, 11) is 1.62. The monoisotopic (exact) mass is 368 g/mol. The summed E-state index contributed by atoms with van der Waals surface area (Å²) in [5.41, 5.74) is 4.83. The second kappa shape index (κ2) is 6.97. The number of rotatable bonds is 4. The van der Waals surface area contributed by atoms with Crippen LogP contribution in [-0.4, -0.2) is 27.4 Å². The largest absolute Gasteiger partial charge is 0.497 e. The van der Waals surface area contributed by atoms with Crippen molar-refractivity contribution in [3.63, 3.8) is 0 Å². The number of nitriles is 1. The van der Waals surface area contributed by atoms with Crippen LogP contribution in [0.15, 0.2) is 61.1 Å². The molecular weight excluding hydrogens is 352 g/mol. The van der Waals surface area contributed by atoms with Crippen molar-refractivity contribution < 1.29 is 9.53 Å². The number of Topliss-reactive ketones (excluding diaryl/α,β-unsaturated/α-hetero) is 1. The van der Waals surface area contributed by atoms with E-state index in [0.29, 0.717) is 22.3 Å². The number of hydrogen-bond acceptors (Lipinski definition) is 5. The van der Waals surface area contributed by atoms with Crippen LogP contribution in [-0.2, 0) is 0 Å². The summed E-state index contributed by atoms with van der Waals surface area (Å²) in [6, 6.07) is 17.0. The van der Waals surface area contributed by atoms with Gasteiger partial charge in [0.25, 0.3) is 0 Å². The Morgan fingerprint density at radius 1 is 1.07 bits per heavy atom. The molecule has 0 bridgehead atoms. The Balaban J connectivity index is 1.96. The molecule has 136 valence electrons. The highest BCUT2D eigenvalue weighted by molar-refractivity contribution is 5.96. The molecule has 28 heavy (non-hydrogen) atoms. The molecule has 2 heterocycles. The lowest BCUT2D eigenvalue weighted by molar-refractivity contribution is 0.101. The van der Waals surface area contributed by atoms with Crippen molar-refractivity contribution in [2.75, 3.05) is 7.11 Å². The van der Waals surface area contributed by atoms with Gasteiger partial charge in [-0.1, -0.05) is 0 Å². The summed E-state index contributed by atoms with van der Waals surface area (Å²) in [5.74, 6) is 0.755. The van der Waals surface area contributed by atoms with Crippen molar-refractivity contribution in [2.24, 2.45) is 0 Å². The molecule has 0 atom stereocenters. The van der Waals surface area contributed by atoms with E-state index >= 15 is 0 Å². The van der Waals surface area contributed by atoms with Crippen molar-refractivity contribution in [3.05, 3.63) is 72.2 Å². The number of benzene rings is 2. The lowest BCUT2D eigenvalue weighted by Crippen LogP contribution is -1.98. The molecule has 2 aromatic carbocycles. The van der Waals surface area contributed by atoms with Gasteiger partial charge < -0.3 is 9.30 Å². The van der Waals surface area contributed by atoms with Gasteiger partial charge in [-0.15, -0.1) is 0 Å². The van der Waals surface area contributed by atoms with Crippen LogP contribution in [0.1, 0.15) is 22.8 Å². The summed E-state index contributed by atoms with van der Waals surface area (Å²) in [6.07, 6.45) is 3.21. The first-order valence-corrected chi connectivity index (χ1v) is 8.64. The zero-order chi connectivity index (χ0) is 19.7. The Kier molecular flexibility index (Phi) is 4.34. The number of ether oxygens (including phenoxy) is 1. The summed E-state index contributed by atoms with van der Waals surface area (Å²) < 4.78 is 7.12. The molecular formula is C22H16N4O2. The molecule has 0 aliphatic carbocycles. The first kappa shape index (κ1) is 17.4. The number of nitrogens with zero attached hydrogens (tertiary/aromatic N) is 4. The summed E-state index contributed by atoms with van der Waals surface area (Å²) in [6.45, 7) is 1.53. The predicted octanol–water partition coefficient (Wildman–Crippen LogP) is 4.17. The molecule has 0 fully saturated rings. The van der Waals surface area contributed by atoms with Gasteiger partial charge in [-0.05, 0) is 55.5 Å². The second-order valence-corrected chi connectivity index (χ2v) is 6.28. The van der Waals surface area contributed by atoms with Crippen LogP contribution < -0.4 is 4.74 Å². The highest BCUT2D eigenvalue weighted by Crippen LogP contribution is 2.31. The number of methoxy groups -OCH3 is 1. The molecule has 6 heteroatoms. The van der Waals surface area contributed by atoms with E-state index in [-0.39, 0.29) is 5.78 Å². The van der Waals surface area contributed by atoms with Gasteiger partial charge in [-0.3, -0.25) is 4.79 Å². The highest BCUT2D eigenvalue weighted by atomic mass is 16.5. The van der Waals surface area contributed by atoms with E-state index in [1.807, 2.05) is 41.0 Å². The Morgan fingerprint density at radius 2 is 1.79 bits per heavy atom. The molecule has 0 aliphatic rings. The Labute approximate surface area is 161 Å². The minimum atomic E-state index is 0.00360. The van der Waals surface area contributed by atoms with Gasteiger partial charge in [0.1, 0.15) is 23.7 Å². The van der Waals surface area contributed by atoms with Crippen LogP contribution in [0, 0.1) is 11.3 Å². The normalized spacial score (nSPS) is 10.6. The maximum Gasteiger partial charge on any atom is 0.159 e. The van der Waals surface area contributed by atoms with Crippen molar-refractivity contribution in [1.29, 1.82) is 5.26 Å². The lowest BCUT2D eigenvalue weighted by atomic mass is 10.1. The fourth-order valence-electron chi connectivity index (χ4n) is 3.16. The van der Waals surface area contributed by atoms with E-state index in [2.05, 4.69) is 16.0 Å². The first-order chi connectivity index (χ1) is 13.6. The maximum absolute atomic E-state index is 11.6. The number of carbonyl (C=O) groups excluding carboxylic acids is 1. The average molecular weight is 368 g/mol. The number of hydrogen-bond donors (Lipinski definition) is 0. The van der Waals surface area contributed by atoms with E-state index in [0.717, 1.165) is 22.5 Å². The molecule has 0 unspecified atom stereocenters. The van der Waals surface area contributed by atoms with Crippen LogP contribution in [0.4, 0.5) is 0 Å². The van der Waals surface area contributed by atoms with Gasteiger partial charge in [0, 0.05) is 23.0 Å². The van der Waals surface area contributed by atoms with Crippen molar-refractivity contribution in [2.45, 2.75) is 6.92 Å². The molecule has 6 nitrogen and oxygen atoms in total. The SMILES string of the molecule is COc1ccc(-c2ncnc3c(C#N)cn(-c4ccc(C(C)=O)cc4)c23)cc1. The Hall–Kier alpha value is -3.98. The van der Waals surface area contributed by atoms with Crippen LogP contribution >= 0.6 is 0 Å². The smallest absolute Gasteiger partial charge is 0.159 e. The third kappa shape index (κ3) is 2.89. The maximum atomic E-state index is 11.6. The average Bonchev–Trinajstić information content (AvgIpc) is 3.13. The van der Waals surface area contributed by atoms with Gasteiger partial charge >= 0.3 is 0 Å². The van der Waals surface area contributed by atoms with Gasteiger partial charge in [0.05, 0.1) is 23.9 Å². The summed E-state index contributed by atoms with van der Waals surface area (Å²) in [4.78, 5) is 20.4. The number of ketones is 1. The molecule has 0 saturated carbocycles. The van der Waals surface area contributed by atoms with E-state index in [1.165, 1.54) is 13.3 Å². The zero-order valence-electron chi connectivity index (χ0n) is 15.4. The molecule has 0 radical (unpaired) electrons. The highest BCUT2D eigenvalue weighted by Gasteiger charge is 2.17. The van der Waals surface area contributed by atoms with Crippen LogP contribution in [0.3, 0.4) is 0 Å². The lowest BCUT2D eigenvalue weighted by Gasteiger charge is -2.10. The van der Waals surface area contributed by atoms with Crippen LogP contribution in [0.25, 0.3) is 28.0 Å². The fraction of sp³-hybridized carbons (Fsp3) is 0.0909. The Bertz CT molecular complexity index is 1220. The van der Waals surface area contributed by atoms with E-state index in [9.17, 15) is 10.1 Å². The minimum absolute atomic E-state index is 0.00360. The van der Waals surface area contributed by atoms with E-state index in [1.54, 1.807) is 25.4 Å². The van der Waals surface area contributed by atoms with E-state index in [4.69, 9.17) is 4.74 Å². The van der Waals surface area contributed by atoms with Crippen LogP contribution in [0.2, 0.25) is 0 Å². The molecule has 0 N–H and O–H groups in total. The van der Waals surface area contributed by atoms with Crippen molar-refractivity contribution in [1.82, 2.24) is 14.5 Å². The second-order valence-electron chi connectivity index (χ2n) is 6.28. The van der Waals surface area contributed by atoms with Gasteiger partial charge in [-0.25, -0.2) is 9.97 Å². The number of aromatic nitrogens is 3. The minimum Gasteiger partial charge on any atom is -0.497 e. The number of carbonyl (C=O) groups is 1. The third-order valence-corrected chi connectivity index (χ3v) is 4.61. The Morgan fingerprint density at radius 3 is 2.39 bits per heavy atom. The predicted molar refractivity (Wildman–Crippen MR) is 106 cm³/mol. The summed E-state index contributed by atoms with van der Waals surface area (Å²) >= 11 is 0. The summed E-state index contributed by atoms with van der Waals surface area (Å²) in [5, 5.41) is 9.56. The van der Waals surface area contributed by atoms with Gasteiger partial charge in [0.2, 0.25) is 0 Å². The first-order valence-electron chi connectivity index (χ1n) is 8.64. The van der Waals surface area contributed by atoms with Crippen LogP contribution in [0.5, 0.6) is 5.75 Å². The molecule has 4 rings (SSSR count). The number of fused-ring (bicyclic) bond motifs is 1. The molecule has 2 aromatic heterocycles. The van der Waals surface area contributed by atoms with Gasteiger partial charge in [0.15, 0.2) is 5.78 Å². The van der Waals surface area contributed by atoms with Crippen molar-refractivity contribution >= 4 is 16.8 Å². The zero-order valence-corrected chi connectivity index (χ0v) is 15.4. The van der Waals surface area contributed by atoms with Gasteiger partial charge in [-0.2, -0.15) is 5.26 Å². The molecule has 0 amide bonds. The third-order valence-electron chi connectivity index (χ3n) is 4.61. The molecule has 0 spiro atoms.